The number of anilines is 4. The lowest BCUT2D eigenvalue weighted by Crippen LogP contribution is -2.24. The van der Waals surface area contributed by atoms with Gasteiger partial charge in [0, 0.05) is 42.6 Å². The average Bonchev–Trinajstić information content (AvgIpc) is 3.55. The summed E-state index contributed by atoms with van der Waals surface area (Å²) in [6.07, 6.45) is 1.63. The van der Waals surface area contributed by atoms with Gasteiger partial charge in [-0.05, 0) is 25.0 Å². The molecule has 1 fully saturated rings. The predicted molar refractivity (Wildman–Crippen MR) is 119 cm³/mol. The number of aryl methyl sites for hydroxylation is 1. The summed E-state index contributed by atoms with van der Waals surface area (Å²) in [6.45, 7) is -0.403. The number of nitrogens with zero attached hydrogens (tertiary/aromatic N) is 4. The summed E-state index contributed by atoms with van der Waals surface area (Å²) in [7, 11) is 1.91. The summed E-state index contributed by atoms with van der Waals surface area (Å²) in [5, 5.41) is 15.7. The van der Waals surface area contributed by atoms with Gasteiger partial charge in [-0.1, -0.05) is 6.07 Å². The zero-order valence-corrected chi connectivity index (χ0v) is 17.5. The van der Waals surface area contributed by atoms with Gasteiger partial charge in [-0.25, -0.2) is 4.98 Å². The fourth-order valence-electron chi connectivity index (χ4n) is 3.82. The summed E-state index contributed by atoms with van der Waals surface area (Å²) in [5.41, 5.74) is 3.03. The van der Waals surface area contributed by atoms with Crippen molar-refractivity contribution in [3.8, 4) is 11.3 Å². The van der Waals surface area contributed by atoms with Gasteiger partial charge in [0.1, 0.15) is 5.69 Å². The first kappa shape index (κ1) is 16.7. The van der Waals surface area contributed by atoms with Crippen LogP contribution in [0.25, 0.3) is 11.3 Å². The normalized spacial score (nSPS) is 16.2. The molecule has 0 radical (unpaired) electrons. The summed E-state index contributed by atoms with van der Waals surface area (Å²) in [6, 6.07) is 7.02. The minimum absolute atomic E-state index is 0.0545. The second-order valence-corrected chi connectivity index (χ2v) is 7.90. The number of benzene rings is 1. The van der Waals surface area contributed by atoms with Crippen LogP contribution < -0.4 is 20.9 Å². The lowest BCUT2D eigenvalue weighted by molar-refractivity contribution is -0.117. The second kappa shape index (κ2) is 7.63. The first-order valence-electron chi connectivity index (χ1n) is 11.7. The van der Waals surface area contributed by atoms with Crippen LogP contribution in [0.3, 0.4) is 0 Å². The molecule has 0 bridgehead atoms. The van der Waals surface area contributed by atoms with Crippen molar-refractivity contribution in [2.75, 3.05) is 29.6 Å². The third-order valence-corrected chi connectivity index (χ3v) is 5.44. The average molecular weight is 436 g/mol. The second-order valence-electron chi connectivity index (χ2n) is 7.90. The SMILES string of the molecule is [2H]C([2H])([2H])NC(=O)c1nnc(NC(=O)C2CC2)cc1Nc1cccc2c1N(C)Cc1nc(C)oc1-2. The van der Waals surface area contributed by atoms with Gasteiger partial charge in [0.05, 0.1) is 23.6 Å². The Bertz CT molecular complexity index is 1330. The molecule has 2 aromatic heterocycles. The number of rotatable bonds is 5. The molecule has 3 N–H and O–H groups in total. The molecule has 164 valence electrons. The van der Waals surface area contributed by atoms with Crippen molar-refractivity contribution in [2.45, 2.75) is 26.3 Å². The van der Waals surface area contributed by atoms with Gasteiger partial charge >= 0.3 is 0 Å². The number of oxazole rings is 1. The number of amides is 2. The highest BCUT2D eigenvalue weighted by molar-refractivity contribution is 6.01. The molecule has 3 heterocycles. The van der Waals surface area contributed by atoms with Crippen molar-refractivity contribution in [3.63, 3.8) is 0 Å². The Labute approximate surface area is 188 Å². The summed E-state index contributed by atoms with van der Waals surface area (Å²) >= 11 is 0. The van der Waals surface area contributed by atoms with E-state index in [0.29, 0.717) is 23.9 Å². The fraction of sp³-hybridized carbons (Fsp3) is 0.318. The van der Waals surface area contributed by atoms with Gasteiger partial charge in [-0.15, -0.1) is 10.2 Å². The van der Waals surface area contributed by atoms with Gasteiger partial charge in [0.15, 0.2) is 23.2 Å². The monoisotopic (exact) mass is 436 g/mol. The van der Waals surface area contributed by atoms with Crippen molar-refractivity contribution in [1.82, 2.24) is 20.5 Å². The number of aromatic nitrogens is 3. The molecule has 5 rings (SSSR count). The number of carbonyl (C=O) groups is 2. The van der Waals surface area contributed by atoms with Gasteiger partial charge in [-0.3, -0.25) is 9.59 Å². The van der Waals surface area contributed by atoms with Gasteiger partial charge < -0.3 is 25.3 Å². The van der Waals surface area contributed by atoms with E-state index in [4.69, 9.17) is 8.53 Å². The molecule has 3 aromatic rings. The van der Waals surface area contributed by atoms with Crippen LogP contribution in [0.5, 0.6) is 0 Å². The van der Waals surface area contributed by atoms with Crippen LogP contribution >= 0.6 is 0 Å². The molecule has 0 atom stereocenters. The maximum atomic E-state index is 12.7. The van der Waals surface area contributed by atoms with E-state index in [2.05, 4.69) is 25.8 Å². The third-order valence-electron chi connectivity index (χ3n) is 5.44. The van der Waals surface area contributed by atoms with E-state index in [1.54, 1.807) is 6.92 Å². The van der Waals surface area contributed by atoms with Crippen LogP contribution in [0.4, 0.5) is 22.9 Å². The third kappa shape index (κ3) is 3.53. The Balaban J connectivity index is 1.54. The van der Waals surface area contributed by atoms with E-state index in [9.17, 15) is 9.59 Å². The molecule has 2 aliphatic rings. The summed E-state index contributed by atoms with van der Waals surface area (Å²) in [4.78, 5) is 31.4. The molecule has 1 aromatic carbocycles. The Kier molecular flexibility index (Phi) is 3.98. The lowest BCUT2D eigenvalue weighted by atomic mass is 10.0. The quantitative estimate of drug-likeness (QED) is 0.558. The topological polar surface area (TPSA) is 125 Å². The van der Waals surface area contributed by atoms with E-state index >= 15 is 0 Å². The fourth-order valence-corrected chi connectivity index (χ4v) is 3.82. The number of hydrogen-bond acceptors (Lipinski definition) is 8. The molecule has 0 unspecified atom stereocenters. The Hall–Kier alpha value is -3.95. The minimum Gasteiger partial charge on any atom is -0.441 e. The highest BCUT2D eigenvalue weighted by Gasteiger charge is 2.31. The zero-order chi connectivity index (χ0) is 24.9. The minimum atomic E-state index is -2.71. The Morgan fingerprint density at radius 3 is 2.88 bits per heavy atom. The van der Waals surface area contributed by atoms with Gasteiger partial charge in [-0.2, -0.15) is 0 Å². The van der Waals surface area contributed by atoms with Crippen LogP contribution in [0.2, 0.25) is 0 Å². The van der Waals surface area contributed by atoms with Crippen LogP contribution in [0.15, 0.2) is 28.7 Å². The van der Waals surface area contributed by atoms with E-state index in [1.165, 1.54) is 6.07 Å². The molecular weight excluding hydrogens is 410 g/mol. The molecule has 1 saturated carbocycles. The van der Waals surface area contributed by atoms with Crippen molar-refractivity contribution in [2.24, 2.45) is 5.92 Å². The smallest absolute Gasteiger partial charge is 0.273 e. The largest absolute Gasteiger partial charge is 0.441 e. The Morgan fingerprint density at radius 1 is 1.25 bits per heavy atom. The number of hydrogen-bond donors (Lipinski definition) is 3. The summed E-state index contributed by atoms with van der Waals surface area (Å²) < 4.78 is 27.9. The van der Waals surface area contributed by atoms with Crippen LogP contribution in [-0.4, -0.2) is 41.0 Å². The molecule has 2 amide bonds. The molecule has 0 spiro atoms. The van der Waals surface area contributed by atoms with E-state index in [1.807, 2.05) is 35.5 Å². The van der Waals surface area contributed by atoms with Crippen molar-refractivity contribution in [1.29, 1.82) is 0 Å². The van der Waals surface area contributed by atoms with Crippen LogP contribution in [0.1, 0.15) is 39.0 Å². The number of para-hydroxylation sites is 1. The van der Waals surface area contributed by atoms with E-state index < -0.39 is 12.9 Å². The van der Waals surface area contributed by atoms with Gasteiger partial charge in [0.25, 0.3) is 5.91 Å². The zero-order valence-electron chi connectivity index (χ0n) is 20.5. The van der Waals surface area contributed by atoms with Crippen molar-refractivity contribution < 1.29 is 18.1 Å². The molecular formula is C22H23N7O3. The standard InChI is InChI=1S/C22H23N7O3/c1-11-24-16-10-29(3)19-13(20(16)32-11)5-4-6-14(19)25-15-9-17(26-21(30)12-7-8-12)27-28-18(15)22(31)23-2/h4-6,9,12H,7-8,10H2,1-3H3,(H,23,31)(H2,25,26,27,30)/i2D3. The highest BCUT2D eigenvalue weighted by Crippen LogP contribution is 2.44. The lowest BCUT2D eigenvalue weighted by Gasteiger charge is -2.28. The number of fused-ring (bicyclic) bond motifs is 3. The molecule has 0 saturated heterocycles. The van der Waals surface area contributed by atoms with Crippen molar-refractivity contribution >= 4 is 34.7 Å². The molecule has 10 heteroatoms. The van der Waals surface area contributed by atoms with Gasteiger partial charge in [0.2, 0.25) is 5.91 Å². The maximum Gasteiger partial charge on any atom is 0.273 e. The first-order valence-corrected chi connectivity index (χ1v) is 10.2. The number of nitrogens with one attached hydrogen (secondary N) is 3. The molecule has 1 aliphatic heterocycles. The maximum absolute atomic E-state index is 12.7. The van der Waals surface area contributed by atoms with Crippen molar-refractivity contribution in [3.05, 3.63) is 41.5 Å². The number of carbonyl (C=O) groups excluding carboxylic acids is 2. The van der Waals surface area contributed by atoms with Crippen LogP contribution in [0, 0.1) is 12.8 Å². The molecule has 1 aliphatic carbocycles. The predicted octanol–water partition coefficient (Wildman–Crippen LogP) is 2.84. The molecule has 32 heavy (non-hydrogen) atoms. The highest BCUT2D eigenvalue weighted by atomic mass is 16.4. The van der Waals surface area contributed by atoms with E-state index in [0.717, 1.165) is 29.8 Å². The summed E-state index contributed by atoms with van der Waals surface area (Å²) in [5.74, 6) is 0.237. The Morgan fingerprint density at radius 2 is 2.09 bits per heavy atom. The first-order chi connectivity index (χ1) is 16.6. The molecule has 10 nitrogen and oxygen atoms in total. The van der Waals surface area contributed by atoms with Crippen LogP contribution in [-0.2, 0) is 11.3 Å². The van der Waals surface area contributed by atoms with E-state index in [-0.39, 0.29) is 29.0 Å².